The Bertz CT molecular complexity index is 713. The van der Waals surface area contributed by atoms with Crippen molar-refractivity contribution in [3.05, 3.63) is 42.4 Å². The van der Waals surface area contributed by atoms with Gasteiger partial charge in [-0.2, -0.15) is 10.1 Å². The first-order valence-corrected chi connectivity index (χ1v) is 5.90. The second kappa shape index (κ2) is 5.00. The molecule has 0 radical (unpaired) electrons. The van der Waals surface area contributed by atoms with Crippen LogP contribution in [0.4, 0.5) is 0 Å². The van der Waals surface area contributed by atoms with Gasteiger partial charge in [0.2, 0.25) is 0 Å². The Morgan fingerprint density at radius 2 is 2.35 bits per heavy atom. The minimum atomic E-state index is -0.502. The highest BCUT2D eigenvalue weighted by Gasteiger charge is 2.10. The molecule has 0 aliphatic heterocycles. The van der Waals surface area contributed by atoms with Crippen LogP contribution in [-0.4, -0.2) is 25.8 Å². The fourth-order valence-electron chi connectivity index (χ4n) is 1.69. The molecule has 0 saturated carbocycles. The molecule has 8 heteroatoms. The summed E-state index contributed by atoms with van der Waals surface area (Å²) >= 11 is 0. The molecule has 3 heterocycles. The summed E-state index contributed by atoms with van der Waals surface area (Å²) in [6.07, 6.45) is 6.61. The van der Waals surface area contributed by atoms with Crippen molar-refractivity contribution >= 4 is 5.91 Å². The number of amides is 1. The third-order valence-electron chi connectivity index (χ3n) is 2.72. The molecule has 0 fully saturated rings. The number of aromatic nitrogens is 4. The van der Waals surface area contributed by atoms with E-state index in [9.17, 15) is 4.79 Å². The molecule has 3 aromatic heterocycles. The first kappa shape index (κ1) is 12.2. The first-order valence-electron chi connectivity index (χ1n) is 5.90. The molecule has 0 aromatic carbocycles. The Morgan fingerprint density at radius 3 is 3.05 bits per heavy atom. The second-order valence-corrected chi connectivity index (χ2v) is 4.13. The van der Waals surface area contributed by atoms with Crippen molar-refractivity contribution in [3.8, 4) is 11.5 Å². The third-order valence-corrected chi connectivity index (χ3v) is 2.72. The van der Waals surface area contributed by atoms with E-state index < -0.39 is 5.91 Å². The van der Waals surface area contributed by atoms with Gasteiger partial charge in [0, 0.05) is 19.2 Å². The summed E-state index contributed by atoms with van der Waals surface area (Å²) in [6.45, 7) is 0.525. The molecular formula is C12H11N5O3. The monoisotopic (exact) mass is 273 g/mol. The Kier molecular flexibility index (Phi) is 3.04. The number of hydrogen-bond acceptors (Lipinski definition) is 6. The summed E-state index contributed by atoms with van der Waals surface area (Å²) in [5.74, 6) is 0.461. The van der Waals surface area contributed by atoms with Crippen molar-refractivity contribution in [3.63, 3.8) is 0 Å². The number of carbonyl (C=O) groups excluding carboxylic acids is 1. The lowest BCUT2D eigenvalue weighted by Crippen LogP contribution is -2.09. The maximum absolute atomic E-state index is 10.9. The van der Waals surface area contributed by atoms with E-state index in [1.54, 1.807) is 16.9 Å². The summed E-state index contributed by atoms with van der Waals surface area (Å²) < 4.78 is 11.7. The van der Waals surface area contributed by atoms with E-state index in [2.05, 4.69) is 15.2 Å². The molecule has 0 saturated heterocycles. The van der Waals surface area contributed by atoms with E-state index in [4.69, 9.17) is 14.7 Å². The van der Waals surface area contributed by atoms with Gasteiger partial charge in [0.15, 0.2) is 5.82 Å². The van der Waals surface area contributed by atoms with Crippen molar-refractivity contribution in [2.75, 3.05) is 0 Å². The van der Waals surface area contributed by atoms with E-state index in [-0.39, 0.29) is 0 Å². The summed E-state index contributed by atoms with van der Waals surface area (Å²) in [4.78, 5) is 15.2. The Hall–Kier alpha value is -2.90. The summed E-state index contributed by atoms with van der Waals surface area (Å²) in [5, 5.41) is 7.89. The van der Waals surface area contributed by atoms with Gasteiger partial charge in [-0.1, -0.05) is 5.16 Å². The molecular weight excluding hydrogens is 262 g/mol. The topological polar surface area (TPSA) is 113 Å². The number of carbonyl (C=O) groups is 1. The van der Waals surface area contributed by atoms with Crippen molar-refractivity contribution in [1.82, 2.24) is 19.9 Å². The van der Waals surface area contributed by atoms with Crippen LogP contribution < -0.4 is 5.73 Å². The lowest BCUT2D eigenvalue weighted by Gasteiger charge is -1.96. The zero-order valence-corrected chi connectivity index (χ0v) is 10.4. The van der Waals surface area contributed by atoms with Gasteiger partial charge >= 0.3 is 0 Å². The minimum absolute atomic E-state index is 0.372. The van der Waals surface area contributed by atoms with E-state index in [0.29, 0.717) is 30.2 Å². The van der Waals surface area contributed by atoms with Crippen molar-refractivity contribution in [2.45, 2.75) is 13.0 Å². The number of rotatable bonds is 5. The molecule has 0 aliphatic carbocycles. The van der Waals surface area contributed by atoms with Crippen LogP contribution >= 0.6 is 0 Å². The number of primary amides is 1. The molecule has 20 heavy (non-hydrogen) atoms. The highest BCUT2D eigenvalue weighted by molar-refractivity contribution is 5.92. The molecule has 2 N–H and O–H groups in total. The number of aryl methyl sites for hydroxylation is 2. The Balaban J connectivity index is 1.65. The predicted molar refractivity (Wildman–Crippen MR) is 66.4 cm³/mol. The maximum atomic E-state index is 10.9. The normalized spacial score (nSPS) is 10.8. The molecule has 8 nitrogen and oxygen atoms in total. The van der Waals surface area contributed by atoms with E-state index in [1.807, 2.05) is 0 Å². The van der Waals surface area contributed by atoms with Crippen LogP contribution in [0.1, 0.15) is 16.2 Å². The fourth-order valence-corrected chi connectivity index (χ4v) is 1.69. The SMILES string of the molecule is NC(=O)c1cnn(CCc2noc(-c3ccoc3)n2)c1. The van der Waals surface area contributed by atoms with Gasteiger partial charge in [-0.3, -0.25) is 9.48 Å². The van der Waals surface area contributed by atoms with Crippen molar-refractivity contribution in [2.24, 2.45) is 5.73 Å². The van der Waals surface area contributed by atoms with Gasteiger partial charge in [0.1, 0.15) is 6.26 Å². The molecule has 0 unspecified atom stereocenters. The first-order chi connectivity index (χ1) is 9.72. The van der Waals surface area contributed by atoms with Gasteiger partial charge in [-0.25, -0.2) is 0 Å². The van der Waals surface area contributed by atoms with Gasteiger partial charge in [0.05, 0.1) is 23.6 Å². The maximum Gasteiger partial charge on any atom is 0.261 e. The number of furan rings is 1. The lowest BCUT2D eigenvalue weighted by atomic mass is 10.3. The zero-order chi connectivity index (χ0) is 13.9. The highest BCUT2D eigenvalue weighted by atomic mass is 16.5. The van der Waals surface area contributed by atoms with Crippen molar-refractivity contribution < 1.29 is 13.7 Å². The molecule has 3 aromatic rings. The molecule has 0 bridgehead atoms. The molecule has 0 atom stereocenters. The molecule has 0 spiro atoms. The minimum Gasteiger partial charge on any atom is -0.472 e. The largest absolute Gasteiger partial charge is 0.472 e. The van der Waals surface area contributed by atoms with Crippen LogP contribution in [0, 0.1) is 0 Å². The Morgan fingerprint density at radius 1 is 1.45 bits per heavy atom. The predicted octanol–water partition coefficient (Wildman–Crippen LogP) is 0.868. The van der Waals surface area contributed by atoms with Gasteiger partial charge in [-0.05, 0) is 6.07 Å². The molecule has 102 valence electrons. The van der Waals surface area contributed by atoms with E-state index in [0.717, 1.165) is 5.56 Å². The lowest BCUT2D eigenvalue weighted by molar-refractivity contribution is 0.1000. The van der Waals surface area contributed by atoms with Crippen LogP contribution in [0.3, 0.4) is 0 Å². The summed E-state index contributed by atoms with van der Waals surface area (Å²) in [6, 6.07) is 1.74. The zero-order valence-electron chi connectivity index (χ0n) is 10.4. The van der Waals surface area contributed by atoms with Gasteiger partial charge in [0.25, 0.3) is 11.8 Å². The average molecular weight is 273 g/mol. The third kappa shape index (κ3) is 2.44. The molecule has 3 rings (SSSR count). The van der Waals surface area contributed by atoms with Crippen LogP contribution in [0.5, 0.6) is 0 Å². The van der Waals surface area contributed by atoms with Crippen LogP contribution in [0.25, 0.3) is 11.5 Å². The summed E-state index contributed by atoms with van der Waals surface area (Å²) in [5.41, 5.74) is 6.26. The highest BCUT2D eigenvalue weighted by Crippen LogP contribution is 2.17. The summed E-state index contributed by atoms with van der Waals surface area (Å²) in [7, 11) is 0. The number of nitrogens with two attached hydrogens (primary N) is 1. The van der Waals surface area contributed by atoms with E-state index >= 15 is 0 Å². The number of hydrogen-bond donors (Lipinski definition) is 1. The average Bonchev–Trinajstić information content (AvgIpc) is 3.17. The smallest absolute Gasteiger partial charge is 0.261 e. The quantitative estimate of drug-likeness (QED) is 0.737. The number of nitrogens with zero attached hydrogens (tertiary/aromatic N) is 4. The second-order valence-electron chi connectivity index (χ2n) is 4.13. The Labute approximate surface area is 113 Å². The van der Waals surface area contributed by atoms with Crippen LogP contribution in [0.15, 0.2) is 39.9 Å². The van der Waals surface area contributed by atoms with Gasteiger partial charge in [-0.15, -0.1) is 0 Å². The van der Waals surface area contributed by atoms with E-state index in [1.165, 1.54) is 18.7 Å². The molecule has 1 amide bonds. The molecule has 0 aliphatic rings. The van der Waals surface area contributed by atoms with Crippen LogP contribution in [-0.2, 0) is 13.0 Å². The van der Waals surface area contributed by atoms with Crippen LogP contribution in [0.2, 0.25) is 0 Å². The van der Waals surface area contributed by atoms with Gasteiger partial charge < -0.3 is 14.7 Å². The standard InChI is InChI=1S/C12H11N5O3/c13-11(18)9-5-14-17(6-9)3-1-10-15-12(20-16-10)8-2-4-19-7-8/h2,4-7H,1,3H2,(H2,13,18). The fraction of sp³-hybridized carbons (Fsp3) is 0.167. The van der Waals surface area contributed by atoms with Crippen molar-refractivity contribution in [1.29, 1.82) is 0 Å².